The average Bonchev–Trinajstić information content (AvgIpc) is 2.90. The van der Waals surface area contributed by atoms with Gasteiger partial charge < -0.3 is 15.2 Å². The number of nitrogens with two attached hydrogens (primary N) is 1. The number of carbonyl (C=O) groups excluding carboxylic acids is 2. The fourth-order valence-corrected chi connectivity index (χ4v) is 2.49. The van der Waals surface area contributed by atoms with Crippen molar-refractivity contribution in [1.82, 2.24) is 0 Å². The zero-order valence-corrected chi connectivity index (χ0v) is 12.4. The highest BCUT2D eigenvalue weighted by atomic mass is 16.6. The zero-order valence-electron chi connectivity index (χ0n) is 12.4. The van der Waals surface area contributed by atoms with Crippen molar-refractivity contribution < 1.29 is 19.1 Å². The number of Topliss-reactive ketones (excluding diaryl/α,β-unsaturated/α-hetero) is 1. The Hall–Kier alpha value is -1.10. The molecule has 0 aromatic rings. The lowest BCUT2D eigenvalue weighted by molar-refractivity contribution is -0.126. The van der Waals surface area contributed by atoms with Gasteiger partial charge in [0, 0.05) is 5.92 Å². The monoisotopic (exact) mass is 271 g/mol. The fraction of sp³-hybridized carbons (Fsp3) is 0.857. The number of epoxide rings is 1. The maximum atomic E-state index is 12.3. The molecular formula is C14H25NO4. The minimum Gasteiger partial charge on any atom is -0.444 e. The second-order valence-electron chi connectivity index (χ2n) is 6.38. The molecule has 0 aliphatic carbocycles. The largest absolute Gasteiger partial charge is 0.444 e. The van der Waals surface area contributed by atoms with Gasteiger partial charge in [-0.3, -0.25) is 4.79 Å². The van der Waals surface area contributed by atoms with Crippen LogP contribution in [-0.2, 0) is 14.3 Å². The first-order chi connectivity index (χ1) is 8.62. The molecule has 1 heterocycles. The molecule has 1 rings (SSSR count). The van der Waals surface area contributed by atoms with Crippen LogP contribution in [0, 0.1) is 11.8 Å². The van der Waals surface area contributed by atoms with E-state index in [0.717, 1.165) is 6.42 Å². The van der Waals surface area contributed by atoms with Crippen molar-refractivity contribution in [3.8, 4) is 0 Å². The van der Waals surface area contributed by atoms with Crippen LogP contribution >= 0.6 is 0 Å². The summed E-state index contributed by atoms with van der Waals surface area (Å²) >= 11 is 0. The fourth-order valence-electron chi connectivity index (χ4n) is 2.49. The van der Waals surface area contributed by atoms with E-state index in [1.807, 2.05) is 6.92 Å². The second-order valence-corrected chi connectivity index (χ2v) is 6.38. The molecule has 1 saturated heterocycles. The number of carbonyl (C=O) groups is 2. The summed E-state index contributed by atoms with van der Waals surface area (Å²) in [6.45, 7) is 9.57. The van der Waals surface area contributed by atoms with E-state index in [0.29, 0.717) is 12.3 Å². The van der Waals surface area contributed by atoms with Crippen molar-refractivity contribution in [1.29, 1.82) is 0 Å². The van der Waals surface area contributed by atoms with E-state index in [-0.39, 0.29) is 23.9 Å². The van der Waals surface area contributed by atoms with Crippen LogP contribution in [-0.4, -0.2) is 29.7 Å². The third kappa shape index (κ3) is 5.19. The number of hydrogen-bond donors (Lipinski definition) is 1. The first kappa shape index (κ1) is 16.0. The van der Waals surface area contributed by atoms with Gasteiger partial charge in [-0.2, -0.15) is 0 Å². The topological polar surface area (TPSA) is 81.9 Å². The van der Waals surface area contributed by atoms with E-state index in [4.69, 9.17) is 15.2 Å². The van der Waals surface area contributed by atoms with Gasteiger partial charge in [0.25, 0.3) is 0 Å². The molecular weight excluding hydrogens is 246 g/mol. The zero-order chi connectivity index (χ0) is 14.8. The summed E-state index contributed by atoms with van der Waals surface area (Å²) in [4.78, 5) is 23.2. The molecule has 5 heteroatoms. The van der Waals surface area contributed by atoms with Gasteiger partial charge in [0.15, 0.2) is 5.78 Å². The molecule has 1 fully saturated rings. The van der Waals surface area contributed by atoms with E-state index in [1.54, 1.807) is 13.8 Å². The van der Waals surface area contributed by atoms with E-state index in [2.05, 4.69) is 13.8 Å². The second kappa shape index (κ2) is 5.90. The van der Waals surface area contributed by atoms with E-state index in [9.17, 15) is 9.59 Å². The maximum absolute atomic E-state index is 12.3. The highest BCUT2D eigenvalue weighted by molar-refractivity contribution is 5.88. The van der Waals surface area contributed by atoms with Gasteiger partial charge in [-0.1, -0.05) is 13.8 Å². The molecule has 3 atom stereocenters. The van der Waals surface area contributed by atoms with E-state index >= 15 is 0 Å². The Morgan fingerprint density at radius 2 is 1.89 bits per heavy atom. The van der Waals surface area contributed by atoms with Crippen LogP contribution in [0.2, 0.25) is 0 Å². The van der Waals surface area contributed by atoms with Crippen molar-refractivity contribution in [3.63, 3.8) is 0 Å². The lowest BCUT2D eigenvalue weighted by atomic mass is 9.83. The van der Waals surface area contributed by atoms with Gasteiger partial charge in [-0.05, 0) is 39.5 Å². The molecule has 1 aliphatic rings. The van der Waals surface area contributed by atoms with Crippen LogP contribution in [0.4, 0.5) is 4.79 Å². The predicted molar refractivity (Wildman–Crippen MR) is 71.7 cm³/mol. The van der Waals surface area contributed by atoms with Gasteiger partial charge in [0.1, 0.15) is 11.7 Å². The first-order valence-corrected chi connectivity index (χ1v) is 6.80. The molecule has 19 heavy (non-hydrogen) atoms. The number of hydrogen-bond acceptors (Lipinski definition) is 4. The normalized spacial score (nSPS) is 24.1. The Morgan fingerprint density at radius 3 is 2.26 bits per heavy atom. The van der Waals surface area contributed by atoms with Gasteiger partial charge in [-0.25, -0.2) is 4.79 Å². The molecule has 0 aromatic carbocycles. The Balaban J connectivity index is 2.68. The van der Waals surface area contributed by atoms with Gasteiger partial charge in [0.2, 0.25) is 0 Å². The standard InChI is InChI=1S/C14H25NO4/c1-8(2)6-10(11(16)12-9(3)18-12)7-14(4,5)19-13(15)17/h8-10,12H,6-7H2,1-5H3,(H2,15,17)/t9-,10+,12?/m1/s1. The molecule has 1 unspecified atom stereocenters. The summed E-state index contributed by atoms with van der Waals surface area (Å²) in [5, 5.41) is 0. The van der Waals surface area contributed by atoms with Crippen molar-refractivity contribution in [2.45, 2.75) is 65.3 Å². The Bertz CT molecular complexity index is 351. The SMILES string of the molecule is CC(C)C[C@@H](CC(C)(C)OC(N)=O)C(=O)C1O[C@@H]1C. The summed E-state index contributed by atoms with van der Waals surface area (Å²) in [6.07, 6.45) is 0.156. The minimum absolute atomic E-state index is 0.0160. The quantitative estimate of drug-likeness (QED) is 0.720. The minimum atomic E-state index is -0.809. The van der Waals surface area contributed by atoms with Crippen LogP contribution in [0.5, 0.6) is 0 Å². The van der Waals surface area contributed by atoms with Crippen LogP contribution in [0.1, 0.15) is 47.5 Å². The summed E-state index contributed by atoms with van der Waals surface area (Å²) < 4.78 is 10.3. The highest BCUT2D eigenvalue weighted by Gasteiger charge is 2.45. The van der Waals surface area contributed by atoms with E-state index in [1.165, 1.54) is 0 Å². The predicted octanol–water partition coefficient (Wildman–Crippen LogP) is 2.27. The van der Waals surface area contributed by atoms with Gasteiger partial charge >= 0.3 is 6.09 Å². The molecule has 0 saturated carbocycles. The highest BCUT2D eigenvalue weighted by Crippen LogP contribution is 2.32. The molecule has 110 valence electrons. The van der Waals surface area contributed by atoms with Gasteiger partial charge in [0.05, 0.1) is 6.10 Å². The summed E-state index contributed by atoms with van der Waals surface area (Å²) in [5.41, 5.74) is 4.32. The molecule has 2 N–H and O–H groups in total. The van der Waals surface area contributed by atoms with Crippen LogP contribution < -0.4 is 5.73 Å². The smallest absolute Gasteiger partial charge is 0.405 e. The van der Waals surface area contributed by atoms with Crippen molar-refractivity contribution in [3.05, 3.63) is 0 Å². The van der Waals surface area contributed by atoms with Crippen LogP contribution in [0.15, 0.2) is 0 Å². The van der Waals surface area contributed by atoms with Crippen molar-refractivity contribution in [2.24, 2.45) is 17.6 Å². The Kier molecular flexibility index (Phi) is 4.96. The summed E-state index contributed by atoms with van der Waals surface area (Å²) in [5.74, 6) is 0.346. The maximum Gasteiger partial charge on any atom is 0.405 e. The molecule has 1 amide bonds. The van der Waals surface area contributed by atoms with Crippen molar-refractivity contribution >= 4 is 11.9 Å². The molecule has 0 spiro atoms. The third-order valence-corrected chi connectivity index (χ3v) is 3.26. The number of ketones is 1. The molecule has 0 aromatic heterocycles. The Labute approximate surface area is 114 Å². The third-order valence-electron chi connectivity index (χ3n) is 3.26. The van der Waals surface area contributed by atoms with Gasteiger partial charge in [-0.15, -0.1) is 0 Å². The van der Waals surface area contributed by atoms with Crippen molar-refractivity contribution in [2.75, 3.05) is 0 Å². The number of amides is 1. The lowest BCUT2D eigenvalue weighted by Gasteiger charge is -2.29. The number of rotatable bonds is 7. The van der Waals surface area contributed by atoms with Crippen LogP contribution in [0.3, 0.4) is 0 Å². The van der Waals surface area contributed by atoms with E-state index < -0.39 is 11.7 Å². The molecule has 0 radical (unpaired) electrons. The van der Waals surface area contributed by atoms with Crippen LogP contribution in [0.25, 0.3) is 0 Å². The molecule has 0 bridgehead atoms. The summed E-state index contributed by atoms with van der Waals surface area (Å²) in [6, 6.07) is 0. The molecule has 1 aliphatic heterocycles. The summed E-state index contributed by atoms with van der Waals surface area (Å²) in [7, 11) is 0. The first-order valence-electron chi connectivity index (χ1n) is 6.80. The number of primary amides is 1. The Morgan fingerprint density at radius 1 is 1.37 bits per heavy atom. The lowest BCUT2D eigenvalue weighted by Crippen LogP contribution is -2.36. The molecule has 5 nitrogen and oxygen atoms in total. The number of ether oxygens (including phenoxy) is 2. The average molecular weight is 271 g/mol.